The molecule has 1 radical (unpaired) electrons. The van der Waals surface area contributed by atoms with Gasteiger partial charge in [-0.25, -0.2) is 0 Å². The zero-order chi connectivity index (χ0) is 15.4. The molecule has 0 aromatic carbocycles. The second-order valence-electron chi connectivity index (χ2n) is 5.35. The highest BCUT2D eigenvalue weighted by Crippen LogP contribution is 2.52. The normalized spacial score (nSPS) is 32.7. The van der Waals surface area contributed by atoms with Crippen LogP contribution < -0.4 is 0 Å². The van der Waals surface area contributed by atoms with Gasteiger partial charge in [0, 0.05) is 25.0 Å². The van der Waals surface area contributed by atoms with Gasteiger partial charge < -0.3 is 10.2 Å². The Kier molecular flexibility index (Phi) is 5.72. The lowest BCUT2D eigenvalue weighted by atomic mass is 9.73. The van der Waals surface area contributed by atoms with Gasteiger partial charge in [-0.05, 0) is 25.2 Å². The molecule has 0 spiro atoms. The molecule has 113 valence electrons. The van der Waals surface area contributed by atoms with E-state index in [-0.39, 0.29) is 19.1 Å². The van der Waals surface area contributed by atoms with Gasteiger partial charge in [-0.15, -0.1) is 10.3 Å². The van der Waals surface area contributed by atoms with Crippen molar-refractivity contribution in [3.05, 3.63) is 0 Å². The molecule has 3 atom stereocenters. The molecule has 2 N–H and O–H groups in total. The first kappa shape index (κ1) is 17.1. The monoisotopic (exact) mass is 282 g/mol. The fraction of sp³-hybridized carbons (Fsp3) is 0.800. The lowest BCUT2D eigenvalue weighted by Gasteiger charge is -2.38. The van der Waals surface area contributed by atoms with Crippen LogP contribution in [0.15, 0.2) is 0 Å². The summed E-state index contributed by atoms with van der Waals surface area (Å²) in [6, 6.07) is 0. The Morgan fingerprint density at radius 3 is 2.00 bits per heavy atom. The molecule has 1 heterocycles. The van der Waals surface area contributed by atoms with Crippen LogP contribution in [0.4, 0.5) is 0 Å². The van der Waals surface area contributed by atoms with Gasteiger partial charge in [-0.1, -0.05) is 26.7 Å². The van der Waals surface area contributed by atoms with Gasteiger partial charge in [0.1, 0.15) is 5.54 Å². The van der Waals surface area contributed by atoms with Crippen molar-refractivity contribution >= 4 is 6.29 Å². The van der Waals surface area contributed by atoms with Crippen molar-refractivity contribution in [1.82, 2.24) is 5.06 Å². The Morgan fingerprint density at radius 2 is 1.65 bits per heavy atom. The Labute approximate surface area is 120 Å². The minimum Gasteiger partial charge on any atom is -0.396 e. The van der Waals surface area contributed by atoms with E-state index in [0.29, 0.717) is 25.5 Å². The standard InChI is InChI=1S/C15H24NO4/c1-4-14(5-2)12(10-18)13(11-19)15(6-3,16(14)20)8-7-9-17/h9,12-13,18-19H,4-6,10-11H2,1-3H3/t12-,13-,15-/m1/s1. The first-order valence-corrected chi connectivity index (χ1v) is 7.20. The number of carbonyl (C=O) groups excluding carboxylic acids is 1. The maximum absolute atomic E-state index is 13.0. The SMILES string of the molecule is CCC1(CC)[C@H](CO)[C@@H](CO)[C@](C#CC=O)(CC)N1[O]. The summed E-state index contributed by atoms with van der Waals surface area (Å²) in [6.07, 6.45) is 2.00. The summed E-state index contributed by atoms with van der Waals surface area (Å²) in [5.74, 6) is 4.30. The van der Waals surface area contributed by atoms with Gasteiger partial charge in [0.25, 0.3) is 0 Å². The Balaban J connectivity index is 3.47. The molecule has 20 heavy (non-hydrogen) atoms. The molecule has 0 aromatic heterocycles. The summed E-state index contributed by atoms with van der Waals surface area (Å²) < 4.78 is 0. The number of hydrogen-bond donors (Lipinski definition) is 2. The molecule has 1 aliphatic rings. The maximum atomic E-state index is 13.0. The molecule has 0 unspecified atom stereocenters. The lowest BCUT2D eigenvalue weighted by Crippen LogP contribution is -2.52. The van der Waals surface area contributed by atoms with Crippen molar-refractivity contribution in [2.75, 3.05) is 13.2 Å². The smallest absolute Gasteiger partial charge is 0.192 e. The fourth-order valence-electron chi connectivity index (χ4n) is 3.83. The zero-order valence-electron chi connectivity index (χ0n) is 12.4. The molecule has 0 aromatic rings. The van der Waals surface area contributed by atoms with Crippen LogP contribution in [-0.4, -0.2) is 45.9 Å². The average Bonchev–Trinajstić information content (AvgIpc) is 2.70. The highest BCUT2D eigenvalue weighted by Gasteiger charge is 2.64. The topological polar surface area (TPSA) is 80.7 Å². The number of nitrogens with zero attached hydrogens (tertiary/aromatic N) is 1. The second kappa shape index (κ2) is 6.68. The number of aliphatic hydroxyl groups is 2. The van der Waals surface area contributed by atoms with Crippen molar-refractivity contribution in [3.8, 4) is 11.8 Å². The number of aldehydes is 1. The van der Waals surface area contributed by atoms with Crippen LogP contribution in [0.25, 0.3) is 0 Å². The summed E-state index contributed by atoms with van der Waals surface area (Å²) in [6.45, 7) is 5.24. The molecule has 1 saturated heterocycles. The van der Waals surface area contributed by atoms with E-state index in [4.69, 9.17) is 0 Å². The number of aliphatic hydroxyl groups excluding tert-OH is 2. The van der Waals surface area contributed by atoms with Crippen LogP contribution >= 0.6 is 0 Å². The molecule has 1 rings (SSSR count). The Bertz CT molecular complexity index is 392. The highest BCUT2D eigenvalue weighted by atomic mass is 16.5. The van der Waals surface area contributed by atoms with E-state index in [1.807, 2.05) is 20.8 Å². The van der Waals surface area contributed by atoms with Crippen molar-refractivity contribution in [2.24, 2.45) is 11.8 Å². The molecule has 5 nitrogen and oxygen atoms in total. The van der Waals surface area contributed by atoms with Gasteiger partial charge in [0.2, 0.25) is 0 Å². The van der Waals surface area contributed by atoms with E-state index in [1.165, 1.54) is 0 Å². The van der Waals surface area contributed by atoms with Crippen LogP contribution in [0.2, 0.25) is 0 Å². The molecule has 1 fully saturated rings. The van der Waals surface area contributed by atoms with Crippen LogP contribution in [0.5, 0.6) is 0 Å². The van der Waals surface area contributed by atoms with Crippen LogP contribution in [0.1, 0.15) is 40.0 Å². The van der Waals surface area contributed by atoms with E-state index in [1.54, 1.807) is 0 Å². The third-order valence-electron chi connectivity index (χ3n) is 5.06. The molecule has 0 amide bonds. The van der Waals surface area contributed by atoms with Crippen LogP contribution in [0, 0.1) is 23.7 Å². The number of carbonyl (C=O) groups is 1. The largest absolute Gasteiger partial charge is 0.396 e. The van der Waals surface area contributed by atoms with E-state index in [0.717, 1.165) is 5.06 Å². The summed E-state index contributed by atoms with van der Waals surface area (Å²) in [5, 5.41) is 33.4. The van der Waals surface area contributed by atoms with E-state index in [9.17, 15) is 20.2 Å². The van der Waals surface area contributed by atoms with Crippen LogP contribution in [0.3, 0.4) is 0 Å². The van der Waals surface area contributed by atoms with Gasteiger partial charge >= 0.3 is 0 Å². The van der Waals surface area contributed by atoms with Crippen molar-refractivity contribution in [3.63, 3.8) is 0 Å². The zero-order valence-corrected chi connectivity index (χ0v) is 12.4. The third kappa shape index (κ3) is 2.17. The highest BCUT2D eigenvalue weighted by molar-refractivity contribution is 5.73. The second-order valence-corrected chi connectivity index (χ2v) is 5.35. The molecule has 0 saturated carbocycles. The summed E-state index contributed by atoms with van der Waals surface area (Å²) >= 11 is 0. The lowest BCUT2D eigenvalue weighted by molar-refractivity contribution is -0.258. The minimum atomic E-state index is -1.10. The van der Waals surface area contributed by atoms with Gasteiger partial charge in [-0.2, -0.15) is 0 Å². The maximum Gasteiger partial charge on any atom is 0.192 e. The number of rotatable bonds is 5. The predicted molar refractivity (Wildman–Crippen MR) is 73.9 cm³/mol. The first-order valence-electron chi connectivity index (χ1n) is 7.20. The third-order valence-corrected chi connectivity index (χ3v) is 5.06. The Morgan fingerprint density at radius 1 is 1.10 bits per heavy atom. The molecular formula is C15H24NO4. The van der Waals surface area contributed by atoms with E-state index in [2.05, 4.69) is 11.8 Å². The molecule has 0 bridgehead atoms. The number of hydroxylamine groups is 2. The average molecular weight is 282 g/mol. The summed E-state index contributed by atoms with van der Waals surface area (Å²) in [5.41, 5.74) is -1.84. The molecular weight excluding hydrogens is 258 g/mol. The van der Waals surface area contributed by atoms with Crippen molar-refractivity contribution in [1.29, 1.82) is 0 Å². The minimum absolute atomic E-state index is 0.170. The molecule has 0 aliphatic carbocycles. The molecule has 5 heteroatoms. The van der Waals surface area contributed by atoms with E-state index < -0.39 is 17.0 Å². The van der Waals surface area contributed by atoms with Crippen LogP contribution in [-0.2, 0) is 10.0 Å². The number of hydrogen-bond acceptors (Lipinski definition) is 4. The van der Waals surface area contributed by atoms with Crippen molar-refractivity contribution < 1.29 is 20.2 Å². The quantitative estimate of drug-likeness (QED) is 0.576. The van der Waals surface area contributed by atoms with Gasteiger partial charge in [0.05, 0.1) is 5.54 Å². The van der Waals surface area contributed by atoms with Crippen molar-refractivity contribution in [2.45, 2.75) is 51.1 Å². The Hall–Kier alpha value is -0.930. The summed E-state index contributed by atoms with van der Waals surface area (Å²) in [7, 11) is 0. The van der Waals surface area contributed by atoms with Gasteiger partial charge in [0.15, 0.2) is 6.29 Å². The fourth-order valence-corrected chi connectivity index (χ4v) is 3.83. The summed E-state index contributed by atoms with van der Waals surface area (Å²) in [4.78, 5) is 10.6. The predicted octanol–water partition coefficient (Wildman–Crippen LogP) is 0.774. The first-order chi connectivity index (χ1) is 9.54. The van der Waals surface area contributed by atoms with E-state index >= 15 is 0 Å². The molecule has 1 aliphatic heterocycles. The van der Waals surface area contributed by atoms with Gasteiger partial charge in [-0.3, -0.25) is 4.79 Å².